The third kappa shape index (κ3) is 2.50. The average molecular weight is 321 g/mol. The molecule has 24 heavy (non-hydrogen) atoms. The minimum atomic E-state index is -0.0211. The number of nitrogens with zero attached hydrogens (tertiary/aromatic N) is 2. The number of hydrogen-bond donors (Lipinski definition) is 3. The van der Waals surface area contributed by atoms with Crippen molar-refractivity contribution in [2.45, 2.75) is 26.3 Å². The smallest absolute Gasteiger partial charge is 0.253 e. The quantitative estimate of drug-likeness (QED) is 0.693. The summed E-state index contributed by atoms with van der Waals surface area (Å²) in [6.45, 7) is 4.82. The second-order valence-electron chi connectivity index (χ2n) is 6.30. The first-order valence-electron chi connectivity index (χ1n) is 8.14. The van der Waals surface area contributed by atoms with Crippen molar-refractivity contribution in [1.82, 2.24) is 20.3 Å². The van der Waals surface area contributed by atoms with Crippen molar-refractivity contribution in [3.8, 4) is 11.3 Å². The molecule has 0 fully saturated rings. The molecule has 0 spiro atoms. The molecular weight excluding hydrogens is 302 g/mol. The molecular formula is C18H19N5O. The third-order valence-electron chi connectivity index (χ3n) is 4.12. The number of H-pyrrole nitrogens is 1. The van der Waals surface area contributed by atoms with Gasteiger partial charge in [0.15, 0.2) is 0 Å². The Morgan fingerprint density at radius 2 is 2.08 bits per heavy atom. The fourth-order valence-corrected chi connectivity index (χ4v) is 3.06. The van der Waals surface area contributed by atoms with Crippen molar-refractivity contribution in [1.29, 1.82) is 0 Å². The van der Waals surface area contributed by atoms with E-state index in [1.165, 1.54) is 0 Å². The zero-order chi connectivity index (χ0) is 16.7. The number of amides is 1. The summed E-state index contributed by atoms with van der Waals surface area (Å²) in [6.07, 6.45) is 2.59. The Balaban J connectivity index is 1.85. The molecule has 4 rings (SSSR count). The molecule has 0 saturated heterocycles. The summed E-state index contributed by atoms with van der Waals surface area (Å²) in [5, 5.41) is 6.19. The molecule has 1 aliphatic heterocycles. The lowest BCUT2D eigenvalue weighted by Crippen LogP contribution is -2.31. The maximum atomic E-state index is 12.0. The first-order chi connectivity index (χ1) is 11.6. The Morgan fingerprint density at radius 1 is 1.21 bits per heavy atom. The zero-order valence-corrected chi connectivity index (χ0v) is 13.7. The number of aromatic amines is 1. The van der Waals surface area contributed by atoms with Crippen LogP contribution in [0.5, 0.6) is 0 Å². The molecule has 122 valence electrons. The van der Waals surface area contributed by atoms with Gasteiger partial charge >= 0.3 is 0 Å². The van der Waals surface area contributed by atoms with Gasteiger partial charge in [0, 0.05) is 42.2 Å². The Bertz CT molecular complexity index is 928. The van der Waals surface area contributed by atoms with Gasteiger partial charge in [-0.15, -0.1) is 0 Å². The van der Waals surface area contributed by atoms with Crippen molar-refractivity contribution in [3.63, 3.8) is 0 Å². The van der Waals surface area contributed by atoms with Gasteiger partial charge in [-0.25, -0.2) is 4.98 Å². The molecule has 0 aliphatic carbocycles. The first kappa shape index (κ1) is 14.7. The predicted octanol–water partition coefficient (Wildman–Crippen LogP) is 2.73. The van der Waals surface area contributed by atoms with E-state index < -0.39 is 0 Å². The SMILES string of the molecule is CC(C)Nc1ccc2nccc(-c3cc4c([nH]3)CCNC4=O)c2n1. The summed E-state index contributed by atoms with van der Waals surface area (Å²) in [7, 11) is 0. The van der Waals surface area contributed by atoms with Crippen molar-refractivity contribution in [2.24, 2.45) is 0 Å². The second kappa shape index (κ2) is 5.63. The van der Waals surface area contributed by atoms with Crippen LogP contribution in [0.15, 0.2) is 30.5 Å². The maximum absolute atomic E-state index is 12.0. The Labute approximate surface area is 139 Å². The minimum absolute atomic E-state index is 0.0211. The predicted molar refractivity (Wildman–Crippen MR) is 94.1 cm³/mol. The normalized spacial score (nSPS) is 13.9. The standard InChI is InChI=1S/C18H19N5O/c1-10(2)21-16-4-3-14-17(23-16)11(5-7-19-14)15-9-12-13(22-15)6-8-20-18(12)24/h3-5,7,9-10,22H,6,8H2,1-2H3,(H,20,24)(H,21,23). The van der Waals surface area contributed by atoms with Crippen molar-refractivity contribution < 1.29 is 4.79 Å². The van der Waals surface area contributed by atoms with Crippen LogP contribution in [0.4, 0.5) is 5.82 Å². The van der Waals surface area contributed by atoms with Gasteiger partial charge in [-0.05, 0) is 38.1 Å². The molecule has 6 nitrogen and oxygen atoms in total. The van der Waals surface area contributed by atoms with Crippen LogP contribution in [-0.2, 0) is 6.42 Å². The van der Waals surface area contributed by atoms with Crippen LogP contribution in [-0.4, -0.2) is 33.4 Å². The van der Waals surface area contributed by atoms with Crippen LogP contribution >= 0.6 is 0 Å². The highest BCUT2D eigenvalue weighted by Crippen LogP contribution is 2.29. The molecule has 0 saturated carbocycles. The molecule has 1 amide bonds. The number of fused-ring (bicyclic) bond motifs is 2. The van der Waals surface area contributed by atoms with Crippen LogP contribution in [0.2, 0.25) is 0 Å². The summed E-state index contributed by atoms with van der Waals surface area (Å²) in [5.41, 5.74) is 5.21. The van der Waals surface area contributed by atoms with E-state index in [0.717, 1.165) is 45.8 Å². The minimum Gasteiger partial charge on any atom is -0.368 e. The lowest BCUT2D eigenvalue weighted by Gasteiger charge is -2.11. The fourth-order valence-electron chi connectivity index (χ4n) is 3.06. The summed E-state index contributed by atoms with van der Waals surface area (Å²) in [5.74, 6) is 0.799. The van der Waals surface area contributed by atoms with Crippen molar-refractivity contribution in [3.05, 3.63) is 41.7 Å². The van der Waals surface area contributed by atoms with Gasteiger partial charge < -0.3 is 15.6 Å². The van der Waals surface area contributed by atoms with E-state index in [9.17, 15) is 4.79 Å². The number of nitrogens with one attached hydrogen (secondary N) is 3. The highest BCUT2D eigenvalue weighted by molar-refractivity contribution is 5.99. The third-order valence-corrected chi connectivity index (χ3v) is 4.12. The topological polar surface area (TPSA) is 82.7 Å². The first-order valence-corrected chi connectivity index (χ1v) is 8.14. The van der Waals surface area contributed by atoms with E-state index in [2.05, 4.69) is 34.4 Å². The highest BCUT2D eigenvalue weighted by Gasteiger charge is 2.21. The number of carbonyl (C=O) groups excluding carboxylic acids is 1. The second-order valence-corrected chi connectivity index (χ2v) is 6.30. The molecule has 3 aromatic heterocycles. The zero-order valence-electron chi connectivity index (χ0n) is 13.7. The van der Waals surface area contributed by atoms with Gasteiger partial charge in [-0.3, -0.25) is 9.78 Å². The number of hydrogen-bond acceptors (Lipinski definition) is 4. The van der Waals surface area contributed by atoms with Crippen molar-refractivity contribution in [2.75, 3.05) is 11.9 Å². The lowest BCUT2D eigenvalue weighted by atomic mass is 10.1. The number of anilines is 1. The van der Waals surface area contributed by atoms with Crippen LogP contribution in [0, 0.1) is 0 Å². The highest BCUT2D eigenvalue weighted by atomic mass is 16.1. The molecule has 6 heteroatoms. The molecule has 0 unspecified atom stereocenters. The molecule has 0 bridgehead atoms. The van der Waals surface area contributed by atoms with Crippen LogP contribution in [0.3, 0.4) is 0 Å². The van der Waals surface area contributed by atoms with Gasteiger partial charge in [0.2, 0.25) is 0 Å². The number of pyridine rings is 2. The van der Waals surface area contributed by atoms with E-state index in [1.54, 1.807) is 6.20 Å². The largest absolute Gasteiger partial charge is 0.368 e. The Kier molecular flexibility index (Phi) is 3.45. The number of carbonyl (C=O) groups is 1. The number of rotatable bonds is 3. The van der Waals surface area contributed by atoms with E-state index in [-0.39, 0.29) is 5.91 Å². The summed E-state index contributed by atoms with van der Waals surface area (Å²) >= 11 is 0. The number of aromatic nitrogens is 3. The Morgan fingerprint density at radius 3 is 2.88 bits per heavy atom. The molecule has 3 N–H and O–H groups in total. The molecule has 0 atom stereocenters. The maximum Gasteiger partial charge on any atom is 0.253 e. The average Bonchev–Trinajstić information content (AvgIpc) is 2.99. The van der Waals surface area contributed by atoms with Crippen LogP contribution in [0.1, 0.15) is 29.9 Å². The van der Waals surface area contributed by atoms with Gasteiger partial charge in [0.1, 0.15) is 11.3 Å². The van der Waals surface area contributed by atoms with Gasteiger partial charge in [-0.2, -0.15) is 0 Å². The monoisotopic (exact) mass is 321 g/mol. The summed E-state index contributed by atoms with van der Waals surface area (Å²) < 4.78 is 0. The summed E-state index contributed by atoms with van der Waals surface area (Å²) in [6, 6.07) is 8.04. The van der Waals surface area contributed by atoms with Crippen molar-refractivity contribution >= 4 is 22.8 Å². The Hall–Kier alpha value is -2.89. The lowest BCUT2D eigenvalue weighted by molar-refractivity contribution is 0.0946. The van der Waals surface area contributed by atoms with Gasteiger partial charge in [0.25, 0.3) is 5.91 Å². The summed E-state index contributed by atoms with van der Waals surface area (Å²) in [4.78, 5) is 24.5. The van der Waals surface area contributed by atoms with Gasteiger partial charge in [-0.1, -0.05) is 0 Å². The molecule has 4 heterocycles. The van der Waals surface area contributed by atoms with Crippen LogP contribution in [0.25, 0.3) is 22.3 Å². The van der Waals surface area contributed by atoms with Gasteiger partial charge in [0.05, 0.1) is 11.1 Å². The van der Waals surface area contributed by atoms with E-state index >= 15 is 0 Å². The fraction of sp³-hybridized carbons (Fsp3) is 0.278. The molecule has 1 aliphatic rings. The molecule has 0 radical (unpaired) electrons. The molecule has 0 aromatic carbocycles. The van der Waals surface area contributed by atoms with E-state index in [0.29, 0.717) is 12.6 Å². The molecule has 3 aromatic rings. The van der Waals surface area contributed by atoms with E-state index in [4.69, 9.17) is 4.98 Å². The van der Waals surface area contributed by atoms with Crippen LogP contribution < -0.4 is 10.6 Å². The van der Waals surface area contributed by atoms with E-state index in [1.807, 2.05) is 24.3 Å².